The summed E-state index contributed by atoms with van der Waals surface area (Å²) in [6.07, 6.45) is 1.06. The molecule has 0 aliphatic rings. The standard InChI is InChI=1S/C20H28N4OS.HI/c1-4-17-9-10-18(26-17)14-24-20(21-5-2)23-12-11-22-19(25)16-8-6-7-15(3)13-16;/h6-10,13H,4-5,11-12,14H2,1-3H3,(H,22,25)(H2,21,23,24);1H. The molecule has 2 rings (SSSR count). The Balaban J connectivity index is 0.00000364. The zero-order valence-electron chi connectivity index (χ0n) is 16.2. The van der Waals surface area contributed by atoms with Gasteiger partial charge in [0.15, 0.2) is 5.96 Å². The number of amides is 1. The Labute approximate surface area is 183 Å². The largest absolute Gasteiger partial charge is 0.357 e. The first-order valence-electron chi connectivity index (χ1n) is 9.07. The molecule has 3 N–H and O–H groups in total. The van der Waals surface area contributed by atoms with E-state index in [2.05, 4.69) is 40.0 Å². The van der Waals surface area contributed by atoms with Crippen molar-refractivity contribution >= 4 is 47.2 Å². The van der Waals surface area contributed by atoms with E-state index in [0.29, 0.717) is 25.2 Å². The lowest BCUT2D eigenvalue weighted by Gasteiger charge is -2.12. The van der Waals surface area contributed by atoms with Crippen molar-refractivity contribution in [1.29, 1.82) is 0 Å². The number of hydrogen-bond donors (Lipinski definition) is 3. The summed E-state index contributed by atoms with van der Waals surface area (Å²) in [4.78, 5) is 19.4. The van der Waals surface area contributed by atoms with Gasteiger partial charge in [-0.05, 0) is 44.5 Å². The monoisotopic (exact) mass is 500 g/mol. The summed E-state index contributed by atoms with van der Waals surface area (Å²) >= 11 is 1.80. The summed E-state index contributed by atoms with van der Waals surface area (Å²) < 4.78 is 0. The van der Waals surface area contributed by atoms with Gasteiger partial charge in [-0.3, -0.25) is 4.79 Å². The van der Waals surface area contributed by atoms with E-state index in [0.717, 1.165) is 24.5 Å². The molecular weight excluding hydrogens is 471 g/mol. The predicted octanol–water partition coefficient (Wildman–Crippen LogP) is 3.72. The van der Waals surface area contributed by atoms with Crippen molar-refractivity contribution in [3.05, 3.63) is 57.3 Å². The Bertz CT molecular complexity index is 745. The fourth-order valence-corrected chi connectivity index (χ4v) is 3.32. The Hall–Kier alpha value is -1.61. The van der Waals surface area contributed by atoms with Crippen molar-refractivity contribution in [2.45, 2.75) is 33.7 Å². The van der Waals surface area contributed by atoms with Crippen molar-refractivity contribution in [2.75, 3.05) is 19.6 Å². The van der Waals surface area contributed by atoms with Gasteiger partial charge in [-0.2, -0.15) is 0 Å². The van der Waals surface area contributed by atoms with Gasteiger partial charge in [0, 0.05) is 35.0 Å². The van der Waals surface area contributed by atoms with Crippen LogP contribution in [0.3, 0.4) is 0 Å². The fourth-order valence-electron chi connectivity index (χ4n) is 2.44. The van der Waals surface area contributed by atoms with E-state index in [-0.39, 0.29) is 29.9 Å². The SMILES string of the molecule is CCNC(=NCc1ccc(CC)s1)NCCNC(=O)c1cccc(C)c1.I. The summed E-state index contributed by atoms with van der Waals surface area (Å²) in [5.41, 5.74) is 1.77. The van der Waals surface area contributed by atoms with Gasteiger partial charge in [0.2, 0.25) is 0 Å². The van der Waals surface area contributed by atoms with Crippen LogP contribution in [-0.4, -0.2) is 31.5 Å². The number of aryl methyl sites for hydroxylation is 2. The number of carbonyl (C=O) groups is 1. The zero-order chi connectivity index (χ0) is 18.8. The molecule has 1 amide bonds. The Morgan fingerprint density at radius 3 is 2.44 bits per heavy atom. The lowest BCUT2D eigenvalue weighted by Crippen LogP contribution is -2.41. The van der Waals surface area contributed by atoms with Crippen LogP contribution in [0.5, 0.6) is 0 Å². The third kappa shape index (κ3) is 8.30. The Kier molecular flexibility index (Phi) is 11.0. The maximum atomic E-state index is 12.1. The molecule has 0 aliphatic heterocycles. The van der Waals surface area contributed by atoms with Gasteiger partial charge >= 0.3 is 0 Å². The first kappa shape index (κ1) is 23.4. The second-order valence-corrected chi connectivity index (χ2v) is 7.22. The minimum atomic E-state index is -0.0527. The highest BCUT2D eigenvalue weighted by molar-refractivity contribution is 14.0. The summed E-state index contributed by atoms with van der Waals surface area (Å²) in [7, 11) is 0. The molecule has 0 unspecified atom stereocenters. The van der Waals surface area contributed by atoms with Gasteiger partial charge in [-0.25, -0.2) is 4.99 Å². The van der Waals surface area contributed by atoms with Gasteiger partial charge in [0.05, 0.1) is 6.54 Å². The highest BCUT2D eigenvalue weighted by Crippen LogP contribution is 2.17. The van der Waals surface area contributed by atoms with E-state index >= 15 is 0 Å². The van der Waals surface area contributed by atoms with Crippen LogP contribution in [0.25, 0.3) is 0 Å². The molecule has 0 radical (unpaired) electrons. The fraction of sp³-hybridized carbons (Fsp3) is 0.400. The van der Waals surface area contributed by atoms with Crippen LogP contribution in [0.4, 0.5) is 0 Å². The molecule has 27 heavy (non-hydrogen) atoms. The third-order valence-electron chi connectivity index (χ3n) is 3.79. The van der Waals surface area contributed by atoms with Crippen molar-refractivity contribution in [1.82, 2.24) is 16.0 Å². The normalized spacial score (nSPS) is 10.9. The molecule has 0 aliphatic carbocycles. The smallest absolute Gasteiger partial charge is 0.251 e. The van der Waals surface area contributed by atoms with Crippen LogP contribution < -0.4 is 16.0 Å². The highest BCUT2D eigenvalue weighted by atomic mass is 127. The predicted molar refractivity (Wildman–Crippen MR) is 125 cm³/mol. The van der Waals surface area contributed by atoms with Gasteiger partial charge < -0.3 is 16.0 Å². The first-order chi connectivity index (χ1) is 12.6. The Morgan fingerprint density at radius 2 is 1.78 bits per heavy atom. The van der Waals surface area contributed by atoms with Gasteiger partial charge in [-0.15, -0.1) is 35.3 Å². The van der Waals surface area contributed by atoms with Crippen LogP contribution in [0.2, 0.25) is 0 Å². The van der Waals surface area contributed by atoms with Crippen LogP contribution in [0, 0.1) is 6.92 Å². The Morgan fingerprint density at radius 1 is 1.04 bits per heavy atom. The second-order valence-electron chi connectivity index (χ2n) is 5.97. The second kappa shape index (κ2) is 12.7. The van der Waals surface area contributed by atoms with Crippen molar-refractivity contribution in [3.8, 4) is 0 Å². The number of halogens is 1. The number of benzene rings is 1. The average Bonchev–Trinajstić information content (AvgIpc) is 3.11. The summed E-state index contributed by atoms with van der Waals surface area (Å²) in [6, 6.07) is 11.9. The molecule has 0 bridgehead atoms. The van der Waals surface area contributed by atoms with Crippen molar-refractivity contribution < 1.29 is 4.79 Å². The molecular formula is C20H29IN4OS. The van der Waals surface area contributed by atoms with Crippen LogP contribution in [0.15, 0.2) is 41.4 Å². The van der Waals surface area contributed by atoms with E-state index in [1.807, 2.05) is 38.1 Å². The number of nitrogens with one attached hydrogen (secondary N) is 3. The highest BCUT2D eigenvalue weighted by Gasteiger charge is 2.05. The maximum Gasteiger partial charge on any atom is 0.251 e. The van der Waals surface area contributed by atoms with Gasteiger partial charge in [-0.1, -0.05) is 24.6 Å². The number of nitrogens with zero attached hydrogens (tertiary/aromatic N) is 1. The van der Waals surface area contributed by atoms with E-state index in [4.69, 9.17) is 0 Å². The molecule has 5 nitrogen and oxygen atoms in total. The number of hydrogen-bond acceptors (Lipinski definition) is 3. The number of aliphatic imine (C=N–C) groups is 1. The average molecular weight is 500 g/mol. The third-order valence-corrected chi connectivity index (χ3v) is 5.00. The molecule has 7 heteroatoms. The van der Waals surface area contributed by atoms with Gasteiger partial charge in [0.25, 0.3) is 5.91 Å². The van der Waals surface area contributed by atoms with Crippen molar-refractivity contribution in [2.24, 2.45) is 4.99 Å². The molecule has 1 heterocycles. The number of rotatable bonds is 8. The molecule has 0 atom stereocenters. The quantitative estimate of drug-likeness (QED) is 0.224. The summed E-state index contributed by atoms with van der Waals surface area (Å²) in [5, 5.41) is 9.42. The van der Waals surface area contributed by atoms with E-state index in [1.54, 1.807) is 11.3 Å². The van der Waals surface area contributed by atoms with E-state index in [9.17, 15) is 4.79 Å². The van der Waals surface area contributed by atoms with E-state index in [1.165, 1.54) is 9.75 Å². The topological polar surface area (TPSA) is 65.5 Å². The molecule has 0 spiro atoms. The molecule has 0 saturated carbocycles. The molecule has 148 valence electrons. The summed E-state index contributed by atoms with van der Waals surface area (Å²) in [6.45, 7) is 8.80. The summed E-state index contributed by atoms with van der Waals surface area (Å²) in [5.74, 6) is 0.715. The first-order valence-corrected chi connectivity index (χ1v) is 9.88. The van der Waals surface area contributed by atoms with Crippen LogP contribution in [-0.2, 0) is 13.0 Å². The van der Waals surface area contributed by atoms with E-state index < -0.39 is 0 Å². The van der Waals surface area contributed by atoms with Crippen LogP contribution >= 0.6 is 35.3 Å². The molecule has 1 aromatic heterocycles. The molecule has 1 aromatic carbocycles. The molecule has 2 aromatic rings. The lowest BCUT2D eigenvalue weighted by molar-refractivity contribution is 0.0954. The zero-order valence-corrected chi connectivity index (χ0v) is 19.3. The maximum absolute atomic E-state index is 12.1. The number of carbonyl (C=O) groups excluding carboxylic acids is 1. The lowest BCUT2D eigenvalue weighted by atomic mass is 10.1. The van der Waals surface area contributed by atoms with Gasteiger partial charge in [0.1, 0.15) is 0 Å². The minimum Gasteiger partial charge on any atom is -0.357 e. The van der Waals surface area contributed by atoms with Crippen LogP contribution in [0.1, 0.15) is 39.5 Å². The minimum absolute atomic E-state index is 0. The number of thiophene rings is 1. The molecule has 0 saturated heterocycles. The number of guanidine groups is 1. The molecule has 0 fully saturated rings. The van der Waals surface area contributed by atoms with Crippen molar-refractivity contribution in [3.63, 3.8) is 0 Å².